The van der Waals surface area contributed by atoms with Crippen LogP contribution in [0.5, 0.6) is 5.75 Å². The van der Waals surface area contributed by atoms with Crippen molar-refractivity contribution in [3.63, 3.8) is 0 Å². The Labute approximate surface area is 162 Å². The second kappa shape index (κ2) is 9.46. The van der Waals surface area contributed by atoms with E-state index in [4.69, 9.17) is 27.9 Å². The van der Waals surface area contributed by atoms with E-state index >= 15 is 0 Å². The van der Waals surface area contributed by atoms with E-state index in [0.717, 1.165) is 12.8 Å². The van der Waals surface area contributed by atoms with E-state index in [1.165, 1.54) is 12.1 Å². The molecule has 0 spiro atoms. The largest absolute Gasteiger partial charge is 0.423 e. The predicted molar refractivity (Wildman–Crippen MR) is 104 cm³/mol. The molecule has 0 aliphatic rings. The zero-order valence-electron chi connectivity index (χ0n) is 14.6. The van der Waals surface area contributed by atoms with Gasteiger partial charge in [-0.2, -0.15) is 0 Å². The van der Waals surface area contributed by atoms with Crippen LogP contribution in [-0.4, -0.2) is 30.5 Å². The molecule has 2 aromatic rings. The molecule has 7 heteroatoms. The fourth-order valence-electron chi connectivity index (χ4n) is 2.16. The SMILES string of the molecule is CCCCN(C)C(=O)Nc1ccc(C(=O)Oc2cc(Cl)cc(Cl)c2)cc1. The minimum Gasteiger partial charge on any atom is -0.423 e. The minimum absolute atomic E-state index is 0.192. The summed E-state index contributed by atoms with van der Waals surface area (Å²) in [7, 11) is 1.74. The van der Waals surface area contributed by atoms with Gasteiger partial charge in [-0.3, -0.25) is 0 Å². The number of rotatable bonds is 6. The number of hydrogen-bond acceptors (Lipinski definition) is 3. The molecular weight excluding hydrogens is 375 g/mol. The Morgan fingerprint density at radius 2 is 1.69 bits per heavy atom. The van der Waals surface area contributed by atoms with Crippen molar-refractivity contribution < 1.29 is 14.3 Å². The van der Waals surface area contributed by atoms with Gasteiger partial charge >= 0.3 is 12.0 Å². The van der Waals surface area contributed by atoms with Gasteiger partial charge in [-0.25, -0.2) is 9.59 Å². The molecule has 0 aromatic heterocycles. The van der Waals surface area contributed by atoms with Crippen LogP contribution < -0.4 is 10.1 Å². The van der Waals surface area contributed by atoms with E-state index in [2.05, 4.69) is 12.2 Å². The molecule has 0 fully saturated rings. The van der Waals surface area contributed by atoms with E-state index in [1.54, 1.807) is 42.3 Å². The number of esters is 1. The van der Waals surface area contributed by atoms with Gasteiger partial charge in [0.05, 0.1) is 5.56 Å². The van der Waals surface area contributed by atoms with Gasteiger partial charge in [-0.05, 0) is 48.9 Å². The molecule has 0 heterocycles. The Morgan fingerprint density at radius 3 is 2.27 bits per heavy atom. The van der Waals surface area contributed by atoms with Gasteiger partial charge in [0.2, 0.25) is 0 Å². The first-order valence-electron chi connectivity index (χ1n) is 8.19. The number of nitrogens with zero attached hydrogens (tertiary/aromatic N) is 1. The van der Waals surface area contributed by atoms with Crippen molar-refractivity contribution in [2.24, 2.45) is 0 Å². The first kappa shape index (κ1) is 20.1. The van der Waals surface area contributed by atoms with Crippen LogP contribution >= 0.6 is 23.2 Å². The quantitative estimate of drug-likeness (QED) is 0.521. The zero-order chi connectivity index (χ0) is 19.1. The fourth-order valence-corrected chi connectivity index (χ4v) is 2.66. The second-order valence-corrected chi connectivity index (χ2v) is 6.65. The Balaban J connectivity index is 1.97. The average molecular weight is 395 g/mol. The highest BCUT2D eigenvalue weighted by Crippen LogP contribution is 2.25. The molecule has 0 saturated carbocycles. The Morgan fingerprint density at radius 1 is 1.08 bits per heavy atom. The lowest BCUT2D eigenvalue weighted by Gasteiger charge is -2.17. The van der Waals surface area contributed by atoms with Crippen molar-refractivity contribution in [3.8, 4) is 5.75 Å². The van der Waals surface area contributed by atoms with Crippen LogP contribution in [0.1, 0.15) is 30.1 Å². The molecule has 0 radical (unpaired) electrons. The fraction of sp³-hybridized carbons (Fsp3) is 0.263. The molecule has 2 amide bonds. The van der Waals surface area contributed by atoms with Crippen LogP contribution in [-0.2, 0) is 0 Å². The van der Waals surface area contributed by atoms with Crippen LogP contribution in [0.3, 0.4) is 0 Å². The molecule has 5 nitrogen and oxygen atoms in total. The maximum atomic E-state index is 12.2. The van der Waals surface area contributed by atoms with Crippen LogP contribution in [0.25, 0.3) is 0 Å². The maximum absolute atomic E-state index is 12.2. The number of benzene rings is 2. The summed E-state index contributed by atoms with van der Waals surface area (Å²) in [4.78, 5) is 25.9. The molecule has 138 valence electrons. The predicted octanol–water partition coefficient (Wildman–Crippen LogP) is 5.48. The molecular formula is C19H20Cl2N2O3. The summed E-state index contributed by atoms with van der Waals surface area (Å²) in [6.45, 7) is 2.76. The number of halogens is 2. The van der Waals surface area contributed by atoms with E-state index in [1.807, 2.05) is 0 Å². The maximum Gasteiger partial charge on any atom is 0.343 e. The summed E-state index contributed by atoms with van der Waals surface area (Å²) < 4.78 is 5.26. The van der Waals surface area contributed by atoms with Crippen LogP contribution in [0.2, 0.25) is 10.0 Å². The highest BCUT2D eigenvalue weighted by molar-refractivity contribution is 6.34. The lowest BCUT2D eigenvalue weighted by atomic mass is 10.2. The molecule has 0 aliphatic heterocycles. The third kappa shape index (κ3) is 5.93. The number of ether oxygens (including phenoxy) is 1. The van der Waals surface area contributed by atoms with Crippen LogP contribution in [0, 0.1) is 0 Å². The Kier molecular flexibility index (Phi) is 7.30. The third-order valence-electron chi connectivity index (χ3n) is 3.61. The number of urea groups is 1. The number of anilines is 1. The van der Waals surface area contributed by atoms with Crippen molar-refractivity contribution in [2.45, 2.75) is 19.8 Å². The first-order valence-corrected chi connectivity index (χ1v) is 8.95. The van der Waals surface area contributed by atoms with Gasteiger partial charge in [0.25, 0.3) is 0 Å². The number of carbonyl (C=O) groups excluding carboxylic acids is 2. The van der Waals surface area contributed by atoms with Crippen LogP contribution in [0.15, 0.2) is 42.5 Å². The molecule has 0 saturated heterocycles. The first-order chi connectivity index (χ1) is 12.4. The van der Waals surface area contributed by atoms with E-state index in [9.17, 15) is 9.59 Å². The van der Waals surface area contributed by atoms with Crippen molar-refractivity contribution >= 4 is 40.9 Å². The van der Waals surface area contributed by atoms with Gasteiger partial charge in [0, 0.05) is 29.3 Å². The Bertz CT molecular complexity index is 759. The lowest BCUT2D eigenvalue weighted by molar-refractivity contribution is 0.0735. The summed E-state index contributed by atoms with van der Waals surface area (Å²) in [5.41, 5.74) is 0.944. The van der Waals surface area contributed by atoms with Crippen molar-refractivity contribution in [2.75, 3.05) is 18.9 Å². The molecule has 0 atom stereocenters. The number of amides is 2. The van der Waals surface area contributed by atoms with Crippen LogP contribution in [0.4, 0.5) is 10.5 Å². The summed E-state index contributed by atoms with van der Waals surface area (Å²) >= 11 is 11.8. The summed E-state index contributed by atoms with van der Waals surface area (Å²) in [6.07, 6.45) is 1.97. The zero-order valence-corrected chi connectivity index (χ0v) is 16.1. The Hall–Kier alpha value is -2.24. The molecule has 0 unspecified atom stereocenters. The summed E-state index contributed by atoms with van der Waals surface area (Å²) in [6, 6.07) is 10.8. The summed E-state index contributed by atoms with van der Waals surface area (Å²) in [5.74, 6) is -0.274. The summed E-state index contributed by atoms with van der Waals surface area (Å²) in [5, 5.41) is 3.54. The normalized spacial score (nSPS) is 10.3. The van der Waals surface area contributed by atoms with E-state index in [-0.39, 0.29) is 11.8 Å². The molecule has 2 rings (SSSR count). The van der Waals surface area contributed by atoms with Gasteiger partial charge < -0.3 is 15.0 Å². The highest BCUT2D eigenvalue weighted by atomic mass is 35.5. The topological polar surface area (TPSA) is 58.6 Å². The number of unbranched alkanes of at least 4 members (excludes halogenated alkanes) is 1. The van der Waals surface area contributed by atoms with E-state index < -0.39 is 5.97 Å². The number of hydrogen-bond donors (Lipinski definition) is 1. The molecule has 1 N–H and O–H groups in total. The average Bonchev–Trinajstić information content (AvgIpc) is 2.59. The second-order valence-electron chi connectivity index (χ2n) is 5.78. The van der Waals surface area contributed by atoms with Gasteiger partial charge in [0.15, 0.2) is 0 Å². The van der Waals surface area contributed by atoms with E-state index in [0.29, 0.717) is 27.8 Å². The molecule has 0 aliphatic carbocycles. The third-order valence-corrected chi connectivity index (χ3v) is 4.05. The lowest BCUT2D eigenvalue weighted by Crippen LogP contribution is -2.32. The van der Waals surface area contributed by atoms with Crippen molar-refractivity contribution in [3.05, 3.63) is 58.1 Å². The number of carbonyl (C=O) groups is 2. The monoisotopic (exact) mass is 394 g/mol. The molecule has 2 aromatic carbocycles. The standard InChI is InChI=1S/C19H20Cl2N2O3/c1-3-4-9-23(2)19(25)22-16-7-5-13(6-8-16)18(24)26-17-11-14(20)10-15(21)12-17/h5-8,10-12H,3-4,9H2,1-2H3,(H,22,25). The smallest absolute Gasteiger partial charge is 0.343 e. The van der Waals surface area contributed by atoms with Gasteiger partial charge in [-0.15, -0.1) is 0 Å². The van der Waals surface area contributed by atoms with Gasteiger partial charge in [0.1, 0.15) is 5.75 Å². The van der Waals surface area contributed by atoms with Crippen molar-refractivity contribution in [1.82, 2.24) is 4.90 Å². The van der Waals surface area contributed by atoms with Gasteiger partial charge in [-0.1, -0.05) is 36.5 Å². The number of nitrogens with one attached hydrogen (secondary N) is 1. The minimum atomic E-state index is -0.540. The van der Waals surface area contributed by atoms with Crippen molar-refractivity contribution in [1.29, 1.82) is 0 Å². The molecule has 26 heavy (non-hydrogen) atoms. The molecule has 0 bridgehead atoms. The highest BCUT2D eigenvalue weighted by Gasteiger charge is 2.12.